The molecule has 0 aliphatic carbocycles. The Morgan fingerprint density at radius 3 is 2.88 bits per heavy atom. The fourth-order valence-corrected chi connectivity index (χ4v) is 3.09. The maximum absolute atomic E-state index is 14.3. The van der Waals surface area contributed by atoms with Crippen LogP contribution in [0.15, 0.2) is 9.95 Å². The average Bonchev–Trinajstić information content (AvgIpc) is 2.59. The van der Waals surface area contributed by atoms with Gasteiger partial charge in [0.1, 0.15) is 17.0 Å². The molecule has 0 radical (unpaired) electrons. The van der Waals surface area contributed by atoms with Gasteiger partial charge < -0.3 is 20.4 Å². The Morgan fingerprint density at radius 1 is 1.42 bits per heavy atom. The second-order valence-electron chi connectivity index (χ2n) is 5.41. The highest BCUT2D eigenvalue weighted by Crippen LogP contribution is 2.28. The summed E-state index contributed by atoms with van der Waals surface area (Å²) in [4.78, 5) is 22.9. The normalized spacial score (nSPS) is 19.4. The first-order valence-corrected chi connectivity index (χ1v) is 9.05. The van der Waals surface area contributed by atoms with Crippen LogP contribution in [0.25, 0.3) is 10.9 Å². The molecule has 3 heterocycles. The summed E-state index contributed by atoms with van der Waals surface area (Å²) in [6.45, 7) is 4.27. The van der Waals surface area contributed by atoms with Gasteiger partial charge in [-0.1, -0.05) is 23.4 Å². The molecule has 0 bridgehead atoms. The van der Waals surface area contributed by atoms with Crippen LogP contribution in [0, 0.1) is 5.82 Å². The average molecular weight is 374 g/mol. The van der Waals surface area contributed by atoms with Gasteiger partial charge in [-0.2, -0.15) is 4.98 Å². The molecule has 7 nitrogen and oxygen atoms in total. The van der Waals surface area contributed by atoms with Crippen molar-refractivity contribution in [2.75, 3.05) is 25.9 Å². The van der Waals surface area contributed by atoms with E-state index in [9.17, 15) is 9.18 Å². The van der Waals surface area contributed by atoms with E-state index in [1.165, 1.54) is 11.8 Å². The number of aromatic amines is 1. The third-order valence-electron chi connectivity index (χ3n) is 3.83. The van der Waals surface area contributed by atoms with Crippen molar-refractivity contribution in [1.29, 1.82) is 0 Å². The van der Waals surface area contributed by atoms with Crippen molar-refractivity contribution < 1.29 is 9.13 Å². The van der Waals surface area contributed by atoms with Gasteiger partial charge in [-0.15, -0.1) is 0 Å². The van der Waals surface area contributed by atoms with E-state index in [-0.39, 0.29) is 34.1 Å². The smallest absolute Gasteiger partial charge is 0.265 e. The minimum Gasteiger partial charge on any atom is -0.472 e. The third-order valence-corrected chi connectivity index (χ3v) is 4.66. The van der Waals surface area contributed by atoms with Crippen LogP contribution in [0.3, 0.4) is 0 Å². The van der Waals surface area contributed by atoms with Crippen LogP contribution in [-0.4, -0.2) is 53.0 Å². The molecule has 3 rings (SSSR count). The van der Waals surface area contributed by atoms with Gasteiger partial charge in [0.15, 0.2) is 16.1 Å². The summed E-state index contributed by atoms with van der Waals surface area (Å²) in [5.74, 6) is -0.844. The van der Waals surface area contributed by atoms with E-state index in [2.05, 4.69) is 25.6 Å². The molecule has 24 heavy (non-hydrogen) atoms. The number of pyridine rings is 1. The highest BCUT2D eigenvalue weighted by molar-refractivity contribution is 7.98. The number of hydrogen-bond acceptors (Lipinski definition) is 7. The summed E-state index contributed by atoms with van der Waals surface area (Å²) in [5, 5.41) is 6.46. The first kappa shape index (κ1) is 17.4. The van der Waals surface area contributed by atoms with Crippen LogP contribution in [0.5, 0.6) is 5.88 Å². The van der Waals surface area contributed by atoms with E-state index in [0.29, 0.717) is 5.16 Å². The first-order chi connectivity index (χ1) is 11.5. The van der Waals surface area contributed by atoms with Crippen molar-refractivity contribution in [1.82, 2.24) is 25.6 Å². The van der Waals surface area contributed by atoms with Crippen molar-refractivity contribution in [3.05, 3.63) is 21.3 Å². The number of aromatic nitrogens is 3. The fraction of sp³-hybridized carbons (Fsp3) is 0.500. The number of rotatable bonds is 4. The number of thioether (sulfide) groups is 1. The van der Waals surface area contributed by atoms with Crippen LogP contribution in [-0.2, 0) is 0 Å². The molecule has 0 saturated carbocycles. The van der Waals surface area contributed by atoms with Crippen molar-refractivity contribution >= 4 is 34.3 Å². The third kappa shape index (κ3) is 3.34. The zero-order valence-electron chi connectivity index (χ0n) is 13.2. The van der Waals surface area contributed by atoms with Gasteiger partial charge in [0.2, 0.25) is 5.88 Å². The molecular formula is C14H17ClFN5O2S. The number of halogens is 2. The van der Waals surface area contributed by atoms with Crippen molar-refractivity contribution in [3.8, 4) is 5.88 Å². The Hall–Kier alpha value is -1.42. The van der Waals surface area contributed by atoms with Gasteiger partial charge in [0.25, 0.3) is 5.56 Å². The molecule has 3 N–H and O–H groups in total. The topological polar surface area (TPSA) is 91.9 Å². The number of hydrogen-bond donors (Lipinski definition) is 3. The zero-order chi connectivity index (χ0) is 17.3. The van der Waals surface area contributed by atoms with Crippen LogP contribution in [0.2, 0.25) is 5.15 Å². The zero-order valence-corrected chi connectivity index (χ0v) is 14.7. The summed E-state index contributed by atoms with van der Waals surface area (Å²) in [5.41, 5.74) is -0.649. The van der Waals surface area contributed by atoms with Gasteiger partial charge in [0, 0.05) is 19.6 Å². The molecule has 130 valence electrons. The highest BCUT2D eigenvalue weighted by atomic mass is 35.5. The lowest BCUT2D eigenvalue weighted by Crippen LogP contribution is -2.54. The molecule has 1 aliphatic rings. The molecule has 1 fully saturated rings. The SMILES string of the molecule is CSc1nc2c(F)c(Cl)nc(OC(C)C3CNCCN3)c2c(=O)[nH]1. The molecular weight excluding hydrogens is 357 g/mol. The van der Waals surface area contributed by atoms with E-state index in [1.54, 1.807) is 6.26 Å². The number of H-pyrrole nitrogens is 1. The summed E-state index contributed by atoms with van der Waals surface area (Å²) >= 11 is 7.06. The molecule has 0 aromatic carbocycles. The van der Waals surface area contributed by atoms with Crippen LogP contribution < -0.4 is 20.9 Å². The summed E-state index contributed by atoms with van der Waals surface area (Å²) in [6, 6.07) is 0.0388. The van der Waals surface area contributed by atoms with Crippen LogP contribution >= 0.6 is 23.4 Å². The largest absolute Gasteiger partial charge is 0.472 e. The Morgan fingerprint density at radius 2 is 2.21 bits per heavy atom. The maximum atomic E-state index is 14.3. The lowest BCUT2D eigenvalue weighted by molar-refractivity contribution is 0.155. The molecule has 2 aromatic heterocycles. The molecule has 10 heteroatoms. The number of piperazine rings is 1. The predicted molar refractivity (Wildman–Crippen MR) is 91.7 cm³/mol. The Kier molecular flexibility index (Phi) is 5.24. The van der Waals surface area contributed by atoms with Gasteiger partial charge in [-0.05, 0) is 13.2 Å². The number of nitrogens with one attached hydrogen (secondary N) is 3. The van der Waals surface area contributed by atoms with E-state index < -0.39 is 11.4 Å². The monoisotopic (exact) mass is 373 g/mol. The van der Waals surface area contributed by atoms with Gasteiger partial charge in [-0.3, -0.25) is 4.79 Å². The van der Waals surface area contributed by atoms with Crippen molar-refractivity contribution in [2.45, 2.75) is 24.2 Å². The molecule has 0 amide bonds. The summed E-state index contributed by atoms with van der Waals surface area (Å²) in [7, 11) is 0. The van der Waals surface area contributed by atoms with Crippen LogP contribution in [0.4, 0.5) is 4.39 Å². The summed E-state index contributed by atoms with van der Waals surface area (Å²) < 4.78 is 20.1. The number of fused-ring (bicyclic) bond motifs is 1. The first-order valence-electron chi connectivity index (χ1n) is 7.45. The van der Waals surface area contributed by atoms with Gasteiger partial charge >= 0.3 is 0 Å². The molecule has 1 aliphatic heterocycles. The molecule has 2 atom stereocenters. The minimum atomic E-state index is -0.828. The molecule has 1 saturated heterocycles. The van der Waals surface area contributed by atoms with E-state index in [4.69, 9.17) is 16.3 Å². The van der Waals surface area contributed by atoms with Gasteiger partial charge in [0.05, 0.1) is 6.04 Å². The second kappa shape index (κ2) is 7.22. The highest BCUT2D eigenvalue weighted by Gasteiger charge is 2.25. The Labute approximate surface area is 146 Å². The van der Waals surface area contributed by atoms with E-state index >= 15 is 0 Å². The Bertz CT molecular complexity index is 812. The standard InChI is InChI=1S/C14H17ClFN5O2S/c1-6(7-5-17-3-4-18-7)23-13-8-10(9(16)11(15)20-13)19-14(24-2)21-12(8)22/h6-7,17-18H,3-5H2,1-2H3,(H,19,21,22). The van der Waals surface area contributed by atoms with Crippen LogP contribution in [0.1, 0.15) is 6.92 Å². The lowest BCUT2D eigenvalue weighted by atomic mass is 10.1. The number of ether oxygens (including phenoxy) is 1. The molecule has 2 unspecified atom stereocenters. The van der Waals surface area contributed by atoms with Crippen molar-refractivity contribution in [3.63, 3.8) is 0 Å². The Balaban J connectivity index is 2.04. The van der Waals surface area contributed by atoms with E-state index in [0.717, 1.165) is 19.6 Å². The quantitative estimate of drug-likeness (QED) is 0.421. The number of nitrogens with zero attached hydrogens (tertiary/aromatic N) is 2. The molecule has 2 aromatic rings. The summed E-state index contributed by atoms with van der Waals surface area (Å²) in [6.07, 6.45) is 1.43. The fourth-order valence-electron chi connectivity index (χ4n) is 2.55. The lowest BCUT2D eigenvalue weighted by Gasteiger charge is -2.29. The van der Waals surface area contributed by atoms with E-state index in [1.807, 2.05) is 6.92 Å². The predicted octanol–water partition coefficient (Wildman–Crippen LogP) is 1.16. The van der Waals surface area contributed by atoms with Crippen molar-refractivity contribution in [2.24, 2.45) is 0 Å². The molecule has 0 spiro atoms. The maximum Gasteiger partial charge on any atom is 0.265 e. The minimum absolute atomic E-state index is 0.0160. The second-order valence-corrected chi connectivity index (χ2v) is 6.56. The van der Waals surface area contributed by atoms with Gasteiger partial charge in [-0.25, -0.2) is 9.37 Å².